The van der Waals surface area contributed by atoms with Crippen LogP contribution >= 0.6 is 0 Å². The summed E-state index contributed by atoms with van der Waals surface area (Å²) in [6, 6.07) is 13.8. The summed E-state index contributed by atoms with van der Waals surface area (Å²) in [7, 11) is 0. The predicted molar refractivity (Wildman–Crippen MR) is 105 cm³/mol. The summed E-state index contributed by atoms with van der Waals surface area (Å²) in [5.74, 6) is -1.27. The largest absolute Gasteiger partial charge is 2.00 e. The molecule has 2 aromatic carbocycles. The molecule has 0 aliphatic carbocycles. The standard InChI is InChI=1S/2C11H14O2.Ba/c2*1-3-8(2)9-4-6-10(7-5-9)11(12)13;/h2*4-8H,3H2,1-2H3,(H,12,13);/q;;+2/p-2. The van der Waals surface area contributed by atoms with Gasteiger partial charge in [0.25, 0.3) is 0 Å². The molecule has 27 heavy (non-hydrogen) atoms. The molecule has 2 rings (SSSR count). The third-order valence-electron chi connectivity index (χ3n) is 4.66. The minimum atomic E-state index is -1.12. The molecule has 0 saturated heterocycles. The van der Waals surface area contributed by atoms with Crippen LogP contribution in [0.4, 0.5) is 0 Å². The van der Waals surface area contributed by atoms with Crippen molar-refractivity contribution in [3.05, 3.63) is 70.8 Å². The quantitative estimate of drug-likeness (QED) is 0.582. The van der Waals surface area contributed by atoms with Crippen LogP contribution in [0.15, 0.2) is 48.5 Å². The van der Waals surface area contributed by atoms with Crippen LogP contribution in [0.25, 0.3) is 0 Å². The summed E-state index contributed by atoms with van der Waals surface area (Å²) in [4.78, 5) is 20.9. The van der Waals surface area contributed by atoms with Crippen LogP contribution in [-0.4, -0.2) is 60.8 Å². The van der Waals surface area contributed by atoms with Gasteiger partial charge in [0.15, 0.2) is 0 Å². The van der Waals surface area contributed by atoms with Gasteiger partial charge in [-0.05, 0) is 46.9 Å². The molecule has 2 atom stereocenters. The Hall–Kier alpha value is -1.05. The molecule has 0 N–H and O–H groups in total. The maximum absolute atomic E-state index is 10.4. The second-order valence-electron chi connectivity index (χ2n) is 6.44. The number of rotatable bonds is 6. The Labute approximate surface area is 202 Å². The first-order chi connectivity index (χ1) is 12.3. The third kappa shape index (κ3) is 8.66. The van der Waals surface area contributed by atoms with E-state index >= 15 is 0 Å². The minimum absolute atomic E-state index is 0. The molecule has 0 heterocycles. The minimum Gasteiger partial charge on any atom is -0.545 e. The number of hydrogen-bond acceptors (Lipinski definition) is 4. The van der Waals surface area contributed by atoms with E-state index < -0.39 is 11.9 Å². The Bertz CT molecular complexity index is 645. The summed E-state index contributed by atoms with van der Waals surface area (Å²) >= 11 is 0. The molecule has 0 fully saturated rings. The molecular formula is C22H26BaO4. The number of carboxylic acids is 2. The Morgan fingerprint density at radius 1 is 0.704 bits per heavy atom. The Balaban J connectivity index is 0.000000483. The van der Waals surface area contributed by atoms with Gasteiger partial charge < -0.3 is 19.8 Å². The van der Waals surface area contributed by atoms with Gasteiger partial charge in [0.1, 0.15) is 0 Å². The molecule has 5 heteroatoms. The molecular weight excluding hydrogens is 466 g/mol. The van der Waals surface area contributed by atoms with Gasteiger partial charge in [-0.25, -0.2) is 0 Å². The van der Waals surface area contributed by atoms with Crippen LogP contribution in [0.1, 0.15) is 84.2 Å². The van der Waals surface area contributed by atoms with Gasteiger partial charge in [0.05, 0.1) is 11.9 Å². The fourth-order valence-corrected chi connectivity index (χ4v) is 2.37. The van der Waals surface area contributed by atoms with Crippen LogP contribution in [0, 0.1) is 0 Å². The SMILES string of the molecule is CCC(C)c1ccc(C(=O)[O-])cc1.CCC(C)c1ccc(C(=O)[O-])cc1.[Ba+2]. The summed E-state index contributed by atoms with van der Waals surface area (Å²) in [5, 5.41) is 20.9. The molecule has 2 aromatic rings. The zero-order valence-corrected chi connectivity index (χ0v) is 21.0. The van der Waals surface area contributed by atoms with Gasteiger partial charge in [-0.2, -0.15) is 0 Å². The van der Waals surface area contributed by atoms with Crippen molar-refractivity contribution in [3.63, 3.8) is 0 Å². The van der Waals surface area contributed by atoms with Gasteiger partial charge in [0.2, 0.25) is 0 Å². The van der Waals surface area contributed by atoms with E-state index in [1.807, 2.05) is 24.3 Å². The molecule has 2 unspecified atom stereocenters. The van der Waals surface area contributed by atoms with E-state index in [2.05, 4.69) is 27.7 Å². The topological polar surface area (TPSA) is 80.3 Å². The van der Waals surface area contributed by atoms with Crippen molar-refractivity contribution in [1.29, 1.82) is 0 Å². The third-order valence-corrected chi connectivity index (χ3v) is 4.66. The van der Waals surface area contributed by atoms with Crippen molar-refractivity contribution in [1.82, 2.24) is 0 Å². The smallest absolute Gasteiger partial charge is 0.545 e. The van der Waals surface area contributed by atoms with E-state index in [1.54, 1.807) is 24.3 Å². The number of hydrogen-bond donors (Lipinski definition) is 0. The molecule has 0 aliphatic rings. The monoisotopic (exact) mass is 492 g/mol. The Kier molecular flexibility index (Phi) is 12.7. The van der Waals surface area contributed by atoms with Gasteiger partial charge >= 0.3 is 48.9 Å². The van der Waals surface area contributed by atoms with E-state index in [1.165, 1.54) is 11.1 Å². The number of carboxylic acid groups (broad SMARTS) is 2. The summed E-state index contributed by atoms with van der Waals surface area (Å²) < 4.78 is 0. The van der Waals surface area contributed by atoms with Gasteiger partial charge in [0, 0.05) is 0 Å². The molecule has 0 spiro atoms. The number of benzene rings is 2. The average molecular weight is 492 g/mol. The van der Waals surface area contributed by atoms with Crippen molar-refractivity contribution < 1.29 is 19.8 Å². The van der Waals surface area contributed by atoms with Crippen molar-refractivity contribution in [2.75, 3.05) is 0 Å². The first-order valence-corrected chi connectivity index (χ1v) is 8.92. The van der Waals surface area contributed by atoms with Crippen LogP contribution < -0.4 is 10.2 Å². The molecule has 0 radical (unpaired) electrons. The first kappa shape index (κ1) is 26.0. The normalized spacial score (nSPS) is 12.0. The summed E-state index contributed by atoms with van der Waals surface area (Å²) in [6.45, 7) is 8.46. The summed E-state index contributed by atoms with van der Waals surface area (Å²) in [5.41, 5.74) is 2.83. The maximum atomic E-state index is 10.4. The molecule has 0 amide bonds. The second kappa shape index (κ2) is 13.2. The van der Waals surface area contributed by atoms with Crippen LogP contribution in [-0.2, 0) is 0 Å². The summed E-state index contributed by atoms with van der Waals surface area (Å²) in [6.07, 6.45) is 2.12. The van der Waals surface area contributed by atoms with E-state index in [9.17, 15) is 19.8 Å². The predicted octanol–water partition coefficient (Wildman–Crippen LogP) is 2.75. The van der Waals surface area contributed by atoms with Crippen molar-refractivity contribution in [2.24, 2.45) is 0 Å². The number of carbonyl (C=O) groups excluding carboxylic acids is 2. The molecule has 0 bridgehead atoms. The Morgan fingerprint density at radius 2 is 0.963 bits per heavy atom. The second-order valence-corrected chi connectivity index (χ2v) is 6.44. The van der Waals surface area contributed by atoms with E-state index in [0.29, 0.717) is 11.8 Å². The number of aromatic carboxylic acids is 2. The Morgan fingerprint density at radius 3 is 1.15 bits per heavy atom. The van der Waals surface area contributed by atoms with Gasteiger partial charge in [-0.1, -0.05) is 76.2 Å². The molecule has 140 valence electrons. The first-order valence-electron chi connectivity index (χ1n) is 8.92. The average Bonchev–Trinajstić information content (AvgIpc) is 2.67. The maximum Gasteiger partial charge on any atom is 2.00 e. The van der Waals surface area contributed by atoms with Crippen LogP contribution in [0.5, 0.6) is 0 Å². The zero-order valence-electron chi connectivity index (χ0n) is 16.5. The van der Waals surface area contributed by atoms with Crippen LogP contribution in [0.2, 0.25) is 0 Å². The van der Waals surface area contributed by atoms with E-state index in [4.69, 9.17) is 0 Å². The molecule has 4 nitrogen and oxygen atoms in total. The fourth-order valence-electron chi connectivity index (χ4n) is 2.37. The van der Waals surface area contributed by atoms with Gasteiger partial charge in [-0.15, -0.1) is 0 Å². The molecule has 0 saturated carbocycles. The number of carbonyl (C=O) groups is 2. The zero-order chi connectivity index (χ0) is 19.7. The fraction of sp³-hybridized carbons (Fsp3) is 0.364. The van der Waals surface area contributed by atoms with Crippen molar-refractivity contribution in [2.45, 2.75) is 52.4 Å². The molecule has 0 aliphatic heterocycles. The van der Waals surface area contributed by atoms with Crippen LogP contribution in [0.3, 0.4) is 0 Å². The van der Waals surface area contributed by atoms with Crippen molar-refractivity contribution >= 4 is 60.8 Å². The van der Waals surface area contributed by atoms with E-state index in [0.717, 1.165) is 12.8 Å². The van der Waals surface area contributed by atoms with E-state index in [-0.39, 0.29) is 60.0 Å². The molecule has 0 aromatic heterocycles. The van der Waals surface area contributed by atoms with Crippen molar-refractivity contribution in [3.8, 4) is 0 Å². The van der Waals surface area contributed by atoms with Gasteiger partial charge in [-0.3, -0.25) is 0 Å².